The van der Waals surface area contributed by atoms with Crippen LogP contribution in [0.3, 0.4) is 0 Å². The SMILES string of the molecule is CC(=O)Nc1ccn(C2CCN(c3c(C#N)cnc4ccc(C(C)C)cc34)C2)n1. The molecule has 0 aliphatic carbocycles. The summed E-state index contributed by atoms with van der Waals surface area (Å²) in [5, 5.41) is 17.9. The molecular formula is C22H24N6O. The van der Waals surface area contributed by atoms with Crippen LogP contribution in [0.15, 0.2) is 36.7 Å². The molecule has 1 fully saturated rings. The van der Waals surface area contributed by atoms with E-state index in [-0.39, 0.29) is 11.9 Å². The lowest BCUT2D eigenvalue weighted by Gasteiger charge is -2.22. The fourth-order valence-electron chi connectivity index (χ4n) is 3.93. The lowest BCUT2D eigenvalue weighted by atomic mass is 9.99. The van der Waals surface area contributed by atoms with Crippen molar-refractivity contribution in [1.29, 1.82) is 5.26 Å². The molecule has 0 saturated carbocycles. The van der Waals surface area contributed by atoms with Gasteiger partial charge in [0.05, 0.1) is 22.8 Å². The average molecular weight is 388 g/mol. The third-order valence-electron chi connectivity index (χ3n) is 5.42. The van der Waals surface area contributed by atoms with Gasteiger partial charge in [-0.15, -0.1) is 0 Å². The molecule has 4 rings (SSSR count). The van der Waals surface area contributed by atoms with E-state index in [9.17, 15) is 10.1 Å². The van der Waals surface area contributed by atoms with Crippen LogP contribution in [0.25, 0.3) is 10.9 Å². The van der Waals surface area contributed by atoms with Gasteiger partial charge in [0, 0.05) is 43.9 Å². The number of hydrogen-bond donors (Lipinski definition) is 1. The summed E-state index contributed by atoms with van der Waals surface area (Å²) in [6, 6.07) is 10.6. The Balaban J connectivity index is 1.68. The van der Waals surface area contributed by atoms with Crippen LogP contribution in [-0.4, -0.2) is 33.8 Å². The van der Waals surface area contributed by atoms with E-state index in [0.29, 0.717) is 17.3 Å². The number of fused-ring (bicyclic) bond motifs is 1. The van der Waals surface area contributed by atoms with Crippen LogP contribution in [0.1, 0.15) is 50.3 Å². The molecule has 3 aromatic rings. The molecule has 0 spiro atoms. The van der Waals surface area contributed by atoms with Gasteiger partial charge in [0.15, 0.2) is 5.82 Å². The molecule has 1 atom stereocenters. The second kappa shape index (κ2) is 7.55. The maximum Gasteiger partial charge on any atom is 0.222 e. The molecule has 1 amide bonds. The average Bonchev–Trinajstić information content (AvgIpc) is 3.35. The molecule has 3 heterocycles. The number of pyridine rings is 1. The predicted molar refractivity (Wildman–Crippen MR) is 113 cm³/mol. The van der Waals surface area contributed by atoms with Gasteiger partial charge in [-0.1, -0.05) is 19.9 Å². The molecule has 1 unspecified atom stereocenters. The molecule has 7 nitrogen and oxygen atoms in total. The van der Waals surface area contributed by atoms with E-state index in [4.69, 9.17) is 0 Å². The first-order chi connectivity index (χ1) is 14.0. The zero-order valence-electron chi connectivity index (χ0n) is 16.9. The van der Waals surface area contributed by atoms with Gasteiger partial charge >= 0.3 is 0 Å². The largest absolute Gasteiger partial charge is 0.368 e. The Morgan fingerprint density at radius 2 is 2.17 bits per heavy atom. The van der Waals surface area contributed by atoms with Crippen molar-refractivity contribution < 1.29 is 4.79 Å². The van der Waals surface area contributed by atoms with Gasteiger partial charge in [-0.3, -0.25) is 14.5 Å². The number of nitriles is 1. The Bertz CT molecular complexity index is 1110. The van der Waals surface area contributed by atoms with E-state index >= 15 is 0 Å². The molecule has 29 heavy (non-hydrogen) atoms. The zero-order valence-corrected chi connectivity index (χ0v) is 16.9. The number of carbonyl (C=O) groups excluding carboxylic acids is 1. The van der Waals surface area contributed by atoms with Crippen LogP contribution >= 0.6 is 0 Å². The fraction of sp³-hybridized carbons (Fsp3) is 0.364. The van der Waals surface area contributed by atoms with E-state index in [2.05, 4.69) is 52.3 Å². The standard InChI is InChI=1S/C22H24N6O/c1-14(2)16-4-5-20-19(10-16)22(17(11-23)12-24-20)27-8-6-18(13-27)28-9-7-21(26-28)25-15(3)29/h4-5,7,9-10,12,14,18H,6,8,13H2,1-3H3,(H,25,26,29). The molecule has 1 aliphatic rings. The van der Waals surface area contributed by atoms with Gasteiger partial charge in [0.2, 0.25) is 5.91 Å². The zero-order chi connectivity index (χ0) is 20.5. The molecule has 2 aromatic heterocycles. The van der Waals surface area contributed by atoms with Crippen molar-refractivity contribution in [2.45, 2.75) is 39.2 Å². The second-order valence-electron chi connectivity index (χ2n) is 7.81. The number of benzene rings is 1. The predicted octanol–water partition coefficient (Wildman–Crippen LogP) is 3.84. The van der Waals surface area contributed by atoms with Crippen molar-refractivity contribution in [1.82, 2.24) is 14.8 Å². The first-order valence-corrected chi connectivity index (χ1v) is 9.86. The highest BCUT2D eigenvalue weighted by Gasteiger charge is 2.28. The summed E-state index contributed by atoms with van der Waals surface area (Å²) in [4.78, 5) is 18.0. The van der Waals surface area contributed by atoms with Crippen LogP contribution in [0.5, 0.6) is 0 Å². The van der Waals surface area contributed by atoms with Crippen molar-refractivity contribution in [3.05, 3.63) is 47.8 Å². The molecule has 1 aliphatic heterocycles. The van der Waals surface area contributed by atoms with E-state index in [1.165, 1.54) is 12.5 Å². The number of hydrogen-bond acceptors (Lipinski definition) is 5. The maximum absolute atomic E-state index is 11.2. The summed E-state index contributed by atoms with van der Waals surface area (Å²) in [6.07, 6.45) is 4.48. The van der Waals surface area contributed by atoms with Crippen molar-refractivity contribution in [2.24, 2.45) is 0 Å². The van der Waals surface area contributed by atoms with Crippen molar-refractivity contribution in [2.75, 3.05) is 23.3 Å². The Morgan fingerprint density at radius 3 is 2.90 bits per heavy atom. The summed E-state index contributed by atoms with van der Waals surface area (Å²) in [6.45, 7) is 7.39. The normalized spacial score (nSPS) is 16.4. The first-order valence-electron chi connectivity index (χ1n) is 9.86. The third-order valence-corrected chi connectivity index (χ3v) is 5.42. The first kappa shape index (κ1) is 18.9. The molecule has 148 valence electrons. The van der Waals surface area contributed by atoms with Gasteiger partial charge in [-0.2, -0.15) is 10.4 Å². The second-order valence-corrected chi connectivity index (χ2v) is 7.81. The molecule has 7 heteroatoms. The van der Waals surface area contributed by atoms with E-state index in [1.54, 1.807) is 6.20 Å². The number of nitrogens with zero attached hydrogens (tertiary/aromatic N) is 5. The van der Waals surface area contributed by atoms with Crippen molar-refractivity contribution in [3.8, 4) is 6.07 Å². The van der Waals surface area contributed by atoms with E-state index in [1.807, 2.05) is 23.0 Å². The monoisotopic (exact) mass is 388 g/mol. The molecule has 0 radical (unpaired) electrons. The third kappa shape index (κ3) is 3.66. The minimum Gasteiger partial charge on any atom is -0.368 e. The van der Waals surface area contributed by atoms with E-state index < -0.39 is 0 Å². The summed E-state index contributed by atoms with van der Waals surface area (Å²) >= 11 is 0. The lowest BCUT2D eigenvalue weighted by molar-refractivity contribution is -0.114. The highest BCUT2D eigenvalue weighted by Crippen LogP contribution is 2.35. The summed E-state index contributed by atoms with van der Waals surface area (Å²) in [7, 11) is 0. The Labute approximate surface area is 170 Å². The van der Waals surface area contributed by atoms with Gasteiger partial charge < -0.3 is 10.2 Å². The van der Waals surface area contributed by atoms with Crippen LogP contribution in [0, 0.1) is 11.3 Å². The number of anilines is 2. The smallest absolute Gasteiger partial charge is 0.222 e. The Hall–Kier alpha value is -3.40. The topological polar surface area (TPSA) is 86.8 Å². The number of rotatable bonds is 4. The highest BCUT2D eigenvalue weighted by molar-refractivity contribution is 5.95. The van der Waals surface area contributed by atoms with E-state index in [0.717, 1.165) is 36.1 Å². The summed E-state index contributed by atoms with van der Waals surface area (Å²) in [5.41, 5.74) is 3.69. The van der Waals surface area contributed by atoms with Crippen LogP contribution in [-0.2, 0) is 4.79 Å². The van der Waals surface area contributed by atoms with Crippen LogP contribution < -0.4 is 10.2 Å². The van der Waals surface area contributed by atoms with Gasteiger partial charge in [0.25, 0.3) is 0 Å². The van der Waals surface area contributed by atoms with Crippen molar-refractivity contribution >= 4 is 28.3 Å². The van der Waals surface area contributed by atoms with Crippen LogP contribution in [0.4, 0.5) is 11.5 Å². The molecule has 1 saturated heterocycles. The number of aromatic nitrogens is 3. The molecule has 1 N–H and O–H groups in total. The minimum atomic E-state index is -0.133. The number of amides is 1. The van der Waals surface area contributed by atoms with Gasteiger partial charge in [0.1, 0.15) is 6.07 Å². The summed E-state index contributed by atoms with van der Waals surface area (Å²) < 4.78 is 1.90. The number of carbonyl (C=O) groups is 1. The molecular weight excluding hydrogens is 364 g/mol. The fourth-order valence-corrected chi connectivity index (χ4v) is 3.93. The lowest BCUT2D eigenvalue weighted by Crippen LogP contribution is -2.22. The minimum absolute atomic E-state index is 0.133. The highest BCUT2D eigenvalue weighted by atomic mass is 16.1. The Morgan fingerprint density at radius 1 is 1.34 bits per heavy atom. The summed E-state index contributed by atoms with van der Waals surface area (Å²) in [5.74, 6) is 0.830. The molecule has 0 bridgehead atoms. The quantitative estimate of drug-likeness (QED) is 0.734. The molecule has 1 aromatic carbocycles. The van der Waals surface area contributed by atoms with Crippen LogP contribution in [0.2, 0.25) is 0 Å². The van der Waals surface area contributed by atoms with Gasteiger partial charge in [-0.25, -0.2) is 0 Å². The Kier molecular flexibility index (Phi) is 4.93. The number of nitrogens with one attached hydrogen (secondary N) is 1. The maximum atomic E-state index is 11.2. The van der Waals surface area contributed by atoms with Gasteiger partial charge in [-0.05, 0) is 30.0 Å². The van der Waals surface area contributed by atoms with Crippen molar-refractivity contribution in [3.63, 3.8) is 0 Å².